The molecule has 2 N–H and O–H groups in total. The van der Waals surface area contributed by atoms with E-state index in [0.717, 1.165) is 39.0 Å². The summed E-state index contributed by atoms with van der Waals surface area (Å²) in [4.78, 5) is 32.4. The highest BCUT2D eigenvalue weighted by molar-refractivity contribution is 6.36. The van der Waals surface area contributed by atoms with E-state index in [2.05, 4.69) is 20.3 Å². The number of nitrogens with one attached hydrogen (secondary N) is 1. The predicted molar refractivity (Wildman–Crippen MR) is 168 cm³/mol. The van der Waals surface area contributed by atoms with E-state index in [-0.39, 0.29) is 6.04 Å². The molecule has 0 aliphatic carbocycles. The van der Waals surface area contributed by atoms with E-state index in [1.165, 1.54) is 0 Å². The lowest BCUT2D eigenvalue weighted by Gasteiger charge is -2.51. The Labute approximate surface area is 254 Å². The molecule has 5 aromatic rings. The van der Waals surface area contributed by atoms with Gasteiger partial charge in [-0.05, 0) is 69.3 Å². The van der Waals surface area contributed by atoms with Gasteiger partial charge in [0.25, 0.3) is 0 Å². The van der Waals surface area contributed by atoms with Gasteiger partial charge in [-0.25, -0.2) is 15.0 Å². The Morgan fingerprint density at radius 2 is 1.77 bits per heavy atom. The van der Waals surface area contributed by atoms with Crippen molar-refractivity contribution in [3.05, 3.63) is 88.8 Å². The Bertz CT molecular complexity index is 1900. The molecular formula is C33H31ClN6O3. The number of likely N-dealkylation sites (tertiary alicyclic amines) is 1. The molecule has 0 bridgehead atoms. The number of pyridine rings is 2. The van der Waals surface area contributed by atoms with Crippen molar-refractivity contribution < 1.29 is 14.6 Å². The summed E-state index contributed by atoms with van der Waals surface area (Å²) in [6.45, 7) is 6.10. The summed E-state index contributed by atoms with van der Waals surface area (Å²) < 4.78 is 5.67. The highest BCUT2D eigenvalue weighted by atomic mass is 35.5. The minimum atomic E-state index is -0.924. The van der Waals surface area contributed by atoms with Gasteiger partial charge in [-0.1, -0.05) is 41.9 Å². The first-order valence-electron chi connectivity index (χ1n) is 13.9. The zero-order chi connectivity index (χ0) is 30.5. The van der Waals surface area contributed by atoms with Crippen LogP contribution < -0.4 is 10.1 Å². The number of fused-ring (bicyclic) bond motifs is 1. The fourth-order valence-corrected chi connectivity index (χ4v) is 6.43. The zero-order valence-corrected chi connectivity index (χ0v) is 25.3. The summed E-state index contributed by atoms with van der Waals surface area (Å²) in [5.41, 5.74) is 6.31. The molecule has 2 unspecified atom stereocenters. The Morgan fingerprint density at radius 1 is 1.02 bits per heavy atom. The van der Waals surface area contributed by atoms with Crippen molar-refractivity contribution in [2.75, 3.05) is 26.0 Å². The average molecular weight is 595 g/mol. The average Bonchev–Trinajstić information content (AvgIpc) is 2.98. The second-order valence-corrected chi connectivity index (χ2v) is 11.5. The van der Waals surface area contributed by atoms with Crippen LogP contribution >= 0.6 is 11.6 Å². The Balaban J connectivity index is 1.37. The highest BCUT2D eigenvalue weighted by Gasteiger charge is 2.54. The first-order chi connectivity index (χ1) is 20.6. The Kier molecular flexibility index (Phi) is 7.23. The van der Waals surface area contributed by atoms with Gasteiger partial charge in [0.2, 0.25) is 5.88 Å². The molecule has 1 aliphatic rings. The van der Waals surface area contributed by atoms with Crippen molar-refractivity contribution in [2.24, 2.45) is 5.41 Å². The molecule has 3 aromatic heterocycles. The van der Waals surface area contributed by atoms with Gasteiger partial charge in [-0.15, -0.1) is 0 Å². The number of nitrogens with zero attached hydrogens (tertiary/aromatic N) is 5. The fourth-order valence-electron chi connectivity index (χ4n) is 6.11. The number of methoxy groups -OCH3 is 1. The first-order valence-corrected chi connectivity index (χ1v) is 14.2. The molecule has 0 amide bonds. The second-order valence-electron chi connectivity index (χ2n) is 11.1. The largest absolute Gasteiger partial charge is 0.481 e. The smallest absolute Gasteiger partial charge is 0.312 e. The lowest BCUT2D eigenvalue weighted by molar-refractivity contribution is -0.166. The monoisotopic (exact) mass is 594 g/mol. The molecule has 9 nitrogen and oxygen atoms in total. The van der Waals surface area contributed by atoms with E-state index in [4.69, 9.17) is 21.3 Å². The normalized spacial score (nSPS) is 18.3. The first kappa shape index (κ1) is 28.5. The van der Waals surface area contributed by atoms with Crippen molar-refractivity contribution >= 4 is 40.1 Å². The lowest BCUT2D eigenvalue weighted by atomic mass is 9.70. The summed E-state index contributed by atoms with van der Waals surface area (Å²) in [5.74, 6) is 0.823. The molecule has 4 heterocycles. The Morgan fingerprint density at radius 3 is 2.51 bits per heavy atom. The third kappa shape index (κ3) is 4.84. The standard InChI is InChI=1S/C33H31ClN6O3/c1-18-20(9-7-12-24(18)38-30-28-26(13-8-16-35-28)36-19(2)37-30)21-10-6-11-22(27(21)34)25-15-14-23(31(39-25)43-5)29-33(3,32(41)42)17-40(29)4/h6-16,29H,17H2,1-5H3,(H,41,42)(H,36,37,38). The Hall–Kier alpha value is -4.60. The van der Waals surface area contributed by atoms with Gasteiger partial charge in [-0.3, -0.25) is 14.7 Å². The topological polar surface area (TPSA) is 113 Å². The number of hydrogen-bond acceptors (Lipinski definition) is 8. The second kappa shape index (κ2) is 10.9. The van der Waals surface area contributed by atoms with Crippen LogP contribution in [-0.4, -0.2) is 56.6 Å². The van der Waals surface area contributed by atoms with Crippen molar-refractivity contribution in [3.63, 3.8) is 0 Å². The number of benzene rings is 2. The van der Waals surface area contributed by atoms with Gasteiger partial charge in [0.05, 0.1) is 34.8 Å². The van der Waals surface area contributed by atoms with Crippen molar-refractivity contribution in [1.82, 2.24) is 24.8 Å². The lowest BCUT2D eigenvalue weighted by Crippen LogP contribution is -2.59. The van der Waals surface area contributed by atoms with Crippen LogP contribution in [0.25, 0.3) is 33.4 Å². The maximum absolute atomic E-state index is 12.0. The quantitative estimate of drug-likeness (QED) is 0.209. The number of aliphatic carboxylic acids is 1. The maximum Gasteiger partial charge on any atom is 0.312 e. The van der Waals surface area contributed by atoms with Gasteiger partial charge in [0.1, 0.15) is 11.3 Å². The molecule has 6 rings (SSSR count). The van der Waals surface area contributed by atoms with E-state index >= 15 is 0 Å². The van der Waals surface area contributed by atoms with E-state index in [9.17, 15) is 9.90 Å². The van der Waals surface area contributed by atoms with Crippen molar-refractivity contribution in [3.8, 4) is 28.3 Å². The number of carboxylic acid groups (broad SMARTS) is 1. The number of carboxylic acids is 1. The minimum absolute atomic E-state index is 0.354. The number of rotatable bonds is 7. The van der Waals surface area contributed by atoms with Crippen LogP contribution in [0.4, 0.5) is 11.5 Å². The van der Waals surface area contributed by atoms with Crippen molar-refractivity contribution in [2.45, 2.75) is 26.8 Å². The molecule has 2 atom stereocenters. The summed E-state index contributed by atoms with van der Waals surface area (Å²) in [6.07, 6.45) is 1.73. The van der Waals surface area contributed by atoms with Crippen molar-refractivity contribution in [1.29, 1.82) is 0 Å². The third-order valence-corrected chi connectivity index (χ3v) is 8.61. The number of ether oxygens (including phenoxy) is 1. The van der Waals surface area contributed by atoms with Crippen LogP contribution in [-0.2, 0) is 4.79 Å². The molecule has 1 aliphatic heterocycles. The molecule has 2 aromatic carbocycles. The summed E-state index contributed by atoms with van der Waals surface area (Å²) in [5, 5.41) is 13.9. The van der Waals surface area contributed by atoms with E-state index < -0.39 is 11.4 Å². The predicted octanol–water partition coefficient (Wildman–Crippen LogP) is 6.85. The number of carbonyl (C=O) groups is 1. The van der Waals surface area contributed by atoms with E-state index in [0.29, 0.717) is 40.3 Å². The van der Waals surface area contributed by atoms with Crippen LogP contribution in [0.3, 0.4) is 0 Å². The molecule has 218 valence electrons. The molecule has 1 fully saturated rings. The summed E-state index contributed by atoms with van der Waals surface area (Å²) >= 11 is 7.09. The number of anilines is 2. The third-order valence-electron chi connectivity index (χ3n) is 8.21. The number of aryl methyl sites for hydroxylation is 1. The molecule has 10 heteroatoms. The van der Waals surface area contributed by atoms with Crippen LogP contribution in [0.2, 0.25) is 5.02 Å². The van der Waals surface area contributed by atoms with Gasteiger partial charge in [-0.2, -0.15) is 0 Å². The summed E-state index contributed by atoms with van der Waals surface area (Å²) in [7, 11) is 3.45. The van der Waals surface area contributed by atoms with E-state index in [1.54, 1.807) is 20.2 Å². The van der Waals surface area contributed by atoms with Crippen LogP contribution in [0.1, 0.15) is 29.9 Å². The van der Waals surface area contributed by atoms with Crippen LogP contribution in [0.15, 0.2) is 66.9 Å². The summed E-state index contributed by atoms with van der Waals surface area (Å²) in [6, 6.07) is 19.0. The van der Waals surface area contributed by atoms with Gasteiger partial charge in [0.15, 0.2) is 5.82 Å². The van der Waals surface area contributed by atoms with Crippen LogP contribution in [0, 0.1) is 19.3 Å². The number of hydrogen-bond donors (Lipinski definition) is 2. The number of halogens is 1. The van der Waals surface area contributed by atoms with Gasteiger partial charge < -0.3 is 15.2 Å². The molecular weight excluding hydrogens is 564 g/mol. The molecule has 0 spiro atoms. The number of aromatic nitrogens is 4. The molecule has 1 saturated heterocycles. The zero-order valence-electron chi connectivity index (χ0n) is 24.5. The van der Waals surface area contributed by atoms with E-state index in [1.807, 2.05) is 86.5 Å². The van der Waals surface area contributed by atoms with Gasteiger partial charge >= 0.3 is 5.97 Å². The maximum atomic E-state index is 12.0. The highest BCUT2D eigenvalue weighted by Crippen LogP contribution is 2.50. The van der Waals surface area contributed by atoms with Crippen LogP contribution in [0.5, 0.6) is 5.88 Å². The molecule has 0 radical (unpaired) electrons. The van der Waals surface area contributed by atoms with Gasteiger partial charge in [0, 0.05) is 35.1 Å². The molecule has 43 heavy (non-hydrogen) atoms. The fraction of sp³-hybridized carbons (Fsp3) is 0.242. The SMILES string of the molecule is COc1nc(-c2cccc(-c3cccc(Nc4nc(C)nc5cccnc45)c3C)c2Cl)ccc1C1N(C)CC1(C)C(=O)O. The molecule has 0 saturated carbocycles. The minimum Gasteiger partial charge on any atom is -0.481 e.